The highest BCUT2D eigenvalue weighted by molar-refractivity contribution is 7.89. The number of benzene rings is 1. The van der Waals surface area contributed by atoms with Crippen LogP contribution in [0.2, 0.25) is 10.0 Å². The Balaban J connectivity index is 1.73. The standard InChI is InChI=1S/C16H19Cl2N5O2S/c1-21(2)15-5-6-19-16(20-15)22-7-9-23(10-8-22)26(24,25)12-3-4-13(17)14(18)11-12/h3-6,11H,7-10H2,1-2H3. The van der Waals surface area contributed by atoms with Crippen molar-refractivity contribution in [3.8, 4) is 0 Å². The Kier molecular flexibility index (Phi) is 5.57. The van der Waals surface area contributed by atoms with Crippen LogP contribution in [-0.2, 0) is 10.0 Å². The van der Waals surface area contributed by atoms with Gasteiger partial charge in [0.05, 0.1) is 14.9 Å². The lowest BCUT2D eigenvalue weighted by atomic mass is 10.4. The van der Waals surface area contributed by atoms with Crippen LogP contribution in [0.15, 0.2) is 35.4 Å². The summed E-state index contributed by atoms with van der Waals surface area (Å²) < 4.78 is 27.1. The molecule has 2 aromatic rings. The summed E-state index contributed by atoms with van der Waals surface area (Å²) >= 11 is 11.8. The van der Waals surface area contributed by atoms with Gasteiger partial charge in [0.2, 0.25) is 16.0 Å². The first-order chi connectivity index (χ1) is 12.3. The predicted octanol–water partition coefficient (Wildman–Crippen LogP) is 2.36. The second kappa shape index (κ2) is 7.56. The number of aromatic nitrogens is 2. The van der Waals surface area contributed by atoms with Gasteiger partial charge in [-0.05, 0) is 24.3 Å². The summed E-state index contributed by atoms with van der Waals surface area (Å²) in [6.45, 7) is 1.71. The van der Waals surface area contributed by atoms with Gasteiger partial charge in [0.1, 0.15) is 5.82 Å². The summed E-state index contributed by atoms with van der Waals surface area (Å²) in [5.74, 6) is 1.41. The second-order valence-electron chi connectivity index (χ2n) is 6.08. The molecular weight excluding hydrogens is 397 g/mol. The summed E-state index contributed by atoms with van der Waals surface area (Å²) in [5, 5.41) is 0.550. The van der Waals surface area contributed by atoms with Crippen LogP contribution in [0.4, 0.5) is 11.8 Å². The van der Waals surface area contributed by atoms with Gasteiger partial charge < -0.3 is 9.80 Å². The van der Waals surface area contributed by atoms with Gasteiger partial charge in [-0.15, -0.1) is 0 Å². The minimum Gasteiger partial charge on any atom is -0.363 e. The van der Waals surface area contributed by atoms with Crippen molar-refractivity contribution in [3.63, 3.8) is 0 Å². The molecule has 10 heteroatoms. The summed E-state index contributed by atoms with van der Waals surface area (Å²) in [4.78, 5) is 12.8. The first kappa shape index (κ1) is 19.2. The van der Waals surface area contributed by atoms with Crippen molar-refractivity contribution in [1.29, 1.82) is 0 Å². The Morgan fingerprint density at radius 2 is 1.73 bits per heavy atom. The lowest BCUT2D eigenvalue weighted by Gasteiger charge is -2.34. The van der Waals surface area contributed by atoms with Crippen LogP contribution < -0.4 is 9.80 Å². The van der Waals surface area contributed by atoms with Gasteiger partial charge in [-0.2, -0.15) is 9.29 Å². The maximum atomic E-state index is 12.8. The number of hydrogen-bond donors (Lipinski definition) is 0. The number of hydrogen-bond acceptors (Lipinski definition) is 6. The number of halogens is 2. The van der Waals surface area contributed by atoms with E-state index in [9.17, 15) is 8.42 Å². The first-order valence-electron chi connectivity index (χ1n) is 7.99. The molecule has 140 valence electrons. The maximum Gasteiger partial charge on any atom is 0.243 e. The van der Waals surface area contributed by atoms with Gasteiger partial charge in [0.15, 0.2) is 0 Å². The molecule has 1 saturated heterocycles. The van der Waals surface area contributed by atoms with Crippen molar-refractivity contribution in [2.45, 2.75) is 4.90 Å². The molecule has 26 heavy (non-hydrogen) atoms. The molecule has 7 nitrogen and oxygen atoms in total. The average Bonchev–Trinajstić information content (AvgIpc) is 2.64. The average molecular weight is 416 g/mol. The number of sulfonamides is 1. The molecule has 1 aromatic heterocycles. The van der Waals surface area contributed by atoms with Crippen LogP contribution >= 0.6 is 23.2 Å². The fourth-order valence-corrected chi connectivity index (χ4v) is 4.47. The molecule has 0 spiro atoms. The van der Waals surface area contributed by atoms with Gasteiger partial charge in [0.25, 0.3) is 0 Å². The Bertz CT molecular complexity index is 899. The molecule has 1 fully saturated rings. The molecule has 0 amide bonds. The van der Waals surface area contributed by atoms with E-state index in [1.807, 2.05) is 30.0 Å². The van der Waals surface area contributed by atoms with Gasteiger partial charge in [-0.25, -0.2) is 13.4 Å². The molecule has 0 bridgehead atoms. The van der Waals surface area contributed by atoms with Gasteiger partial charge in [-0.3, -0.25) is 0 Å². The van der Waals surface area contributed by atoms with Crippen molar-refractivity contribution >= 4 is 45.0 Å². The summed E-state index contributed by atoms with van der Waals surface area (Å²) in [5.41, 5.74) is 0. The monoisotopic (exact) mass is 415 g/mol. The third-order valence-corrected chi connectivity index (χ3v) is 6.77. The Morgan fingerprint density at radius 1 is 1.04 bits per heavy atom. The fourth-order valence-electron chi connectivity index (χ4n) is 2.66. The molecule has 0 atom stereocenters. The molecular formula is C16H19Cl2N5O2S. The van der Waals surface area contributed by atoms with E-state index in [0.717, 1.165) is 5.82 Å². The first-order valence-corrected chi connectivity index (χ1v) is 10.2. The van der Waals surface area contributed by atoms with Crippen LogP contribution in [0, 0.1) is 0 Å². The molecule has 1 aliphatic heterocycles. The largest absolute Gasteiger partial charge is 0.363 e. The summed E-state index contributed by atoms with van der Waals surface area (Å²) in [6, 6.07) is 6.18. The topological polar surface area (TPSA) is 69.6 Å². The van der Waals surface area contributed by atoms with E-state index in [-0.39, 0.29) is 9.92 Å². The van der Waals surface area contributed by atoms with E-state index < -0.39 is 10.0 Å². The Labute approximate surface area is 163 Å². The smallest absolute Gasteiger partial charge is 0.243 e. The molecule has 0 saturated carbocycles. The zero-order valence-corrected chi connectivity index (χ0v) is 16.8. The van der Waals surface area contributed by atoms with Crippen molar-refractivity contribution < 1.29 is 8.42 Å². The summed E-state index contributed by atoms with van der Waals surface area (Å²) in [7, 11) is 0.207. The highest BCUT2D eigenvalue weighted by Crippen LogP contribution is 2.27. The number of piperazine rings is 1. The molecule has 3 rings (SSSR count). The van der Waals surface area contributed by atoms with E-state index in [1.165, 1.54) is 22.5 Å². The fraction of sp³-hybridized carbons (Fsp3) is 0.375. The number of rotatable bonds is 4. The predicted molar refractivity (Wildman–Crippen MR) is 104 cm³/mol. The lowest BCUT2D eigenvalue weighted by Crippen LogP contribution is -2.49. The Hall–Kier alpha value is -1.61. The zero-order valence-electron chi connectivity index (χ0n) is 14.4. The molecule has 1 aromatic carbocycles. The minimum atomic E-state index is -3.61. The van der Waals surface area contributed by atoms with E-state index >= 15 is 0 Å². The van der Waals surface area contributed by atoms with Gasteiger partial charge in [0, 0.05) is 46.5 Å². The third kappa shape index (κ3) is 3.88. The molecule has 0 N–H and O–H groups in total. The van der Waals surface area contributed by atoms with Crippen molar-refractivity contribution in [2.75, 3.05) is 50.1 Å². The minimum absolute atomic E-state index is 0.145. The SMILES string of the molecule is CN(C)c1ccnc(N2CCN(S(=O)(=O)c3ccc(Cl)c(Cl)c3)CC2)n1. The molecule has 0 radical (unpaired) electrons. The van der Waals surface area contributed by atoms with E-state index in [2.05, 4.69) is 9.97 Å². The normalized spacial score (nSPS) is 15.9. The number of nitrogens with zero attached hydrogens (tertiary/aromatic N) is 5. The maximum absolute atomic E-state index is 12.8. The molecule has 1 aliphatic rings. The van der Waals surface area contributed by atoms with Crippen LogP contribution in [0.1, 0.15) is 0 Å². The van der Waals surface area contributed by atoms with Crippen molar-refractivity contribution in [3.05, 3.63) is 40.5 Å². The highest BCUT2D eigenvalue weighted by atomic mass is 35.5. The zero-order chi connectivity index (χ0) is 18.9. The number of anilines is 2. The quantitative estimate of drug-likeness (QED) is 0.762. The van der Waals surface area contributed by atoms with Crippen molar-refractivity contribution in [2.24, 2.45) is 0 Å². The third-order valence-electron chi connectivity index (χ3n) is 4.14. The lowest BCUT2D eigenvalue weighted by molar-refractivity contribution is 0.382. The van der Waals surface area contributed by atoms with Crippen LogP contribution in [-0.4, -0.2) is 63.0 Å². The van der Waals surface area contributed by atoms with E-state index in [1.54, 1.807) is 6.20 Å². The van der Waals surface area contributed by atoms with Crippen LogP contribution in [0.5, 0.6) is 0 Å². The molecule has 0 aliphatic carbocycles. The summed E-state index contributed by atoms with van der Waals surface area (Å²) in [6.07, 6.45) is 1.70. The van der Waals surface area contributed by atoms with Gasteiger partial charge in [-0.1, -0.05) is 23.2 Å². The molecule has 2 heterocycles. The van der Waals surface area contributed by atoms with Gasteiger partial charge >= 0.3 is 0 Å². The van der Waals surface area contributed by atoms with Crippen LogP contribution in [0.3, 0.4) is 0 Å². The van der Waals surface area contributed by atoms with E-state index in [0.29, 0.717) is 37.1 Å². The second-order valence-corrected chi connectivity index (χ2v) is 8.83. The molecule has 0 unspecified atom stereocenters. The van der Waals surface area contributed by atoms with Crippen LogP contribution in [0.25, 0.3) is 0 Å². The highest BCUT2D eigenvalue weighted by Gasteiger charge is 2.29. The Morgan fingerprint density at radius 3 is 2.35 bits per heavy atom. The van der Waals surface area contributed by atoms with E-state index in [4.69, 9.17) is 23.2 Å². The van der Waals surface area contributed by atoms with Crippen molar-refractivity contribution in [1.82, 2.24) is 14.3 Å².